The van der Waals surface area contributed by atoms with Crippen LogP contribution in [0.25, 0.3) is 11.0 Å². The van der Waals surface area contributed by atoms with Crippen molar-refractivity contribution >= 4 is 28.6 Å². The van der Waals surface area contributed by atoms with E-state index >= 15 is 0 Å². The number of carbonyl (C=O) groups excluding carboxylic acids is 1. The predicted molar refractivity (Wildman–Crippen MR) is 128 cm³/mol. The van der Waals surface area contributed by atoms with E-state index in [0.717, 1.165) is 54.2 Å². The van der Waals surface area contributed by atoms with Crippen LogP contribution in [0.3, 0.4) is 0 Å². The number of pyridine rings is 1. The molecule has 8 nitrogen and oxygen atoms in total. The van der Waals surface area contributed by atoms with Crippen molar-refractivity contribution in [1.29, 1.82) is 0 Å². The highest BCUT2D eigenvalue weighted by atomic mass is 16.2. The van der Waals surface area contributed by atoms with Gasteiger partial charge in [0.05, 0.1) is 22.8 Å². The maximum Gasteiger partial charge on any atom is 0.243 e. The molecule has 0 saturated carbocycles. The minimum atomic E-state index is -0.00684. The molecule has 1 saturated heterocycles. The average molecular weight is 444 g/mol. The second kappa shape index (κ2) is 9.05. The first-order valence-corrected chi connectivity index (χ1v) is 11.6. The molecular formula is C25H29N7O. The highest BCUT2D eigenvalue weighted by molar-refractivity contribution is 5.81. The normalized spacial score (nSPS) is 16.1. The predicted octanol–water partition coefficient (Wildman–Crippen LogP) is 4.46. The van der Waals surface area contributed by atoms with Crippen molar-refractivity contribution < 1.29 is 4.79 Å². The Bertz CT molecular complexity index is 1240. The largest absolute Gasteiger partial charge is 0.333 e. The van der Waals surface area contributed by atoms with Crippen LogP contribution >= 0.6 is 0 Å². The van der Waals surface area contributed by atoms with Gasteiger partial charge in [0.25, 0.3) is 0 Å². The van der Waals surface area contributed by atoms with Crippen LogP contribution in [-0.2, 0) is 17.8 Å². The van der Waals surface area contributed by atoms with Crippen LogP contribution in [0.4, 0.5) is 11.6 Å². The number of fused-ring (bicyclic) bond motifs is 1. The Kier molecular flexibility index (Phi) is 5.81. The first kappa shape index (κ1) is 21.2. The lowest BCUT2D eigenvalue weighted by molar-refractivity contribution is -0.132. The summed E-state index contributed by atoms with van der Waals surface area (Å²) in [6.45, 7) is 5.40. The molecule has 3 aromatic heterocycles. The number of benzene rings is 1. The highest BCUT2D eigenvalue weighted by Gasteiger charge is 2.32. The summed E-state index contributed by atoms with van der Waals surface area (Å²) < 4.78 is 2.09. The van der Waals surface area contributed by atoms with E-state index in [4.69, 9.17) is 4.98 Å². The van der Waals surface area contributed by atoms with Crippen LogP contribution in [0, 0.1) is 5.92 Å². The minimum absolute atomic E-state index is 0.00684. The molecule has 1 amide bonds. The van der Waals surface area contributed by atoms with Crippen LogP contribution in [0.1, 0.15) is 44.2 Å². The molecule has 0 aliphatic carbocycles. The number of anilines is 2. The Morgan fingerprint density at radius 3 is 2.85 bits per heavy atom. The zero-order valence-corrected chi connectivity index (χ0v) is 19.0. The van der Waals surface area contributed by atoms with E-state index in [1.165, 1.54) is 0 Å². The number of rotatable bonds is 7. The zero-order chi connectivity index (χ0) is 22.8. The van der Waals surface area contributed by atoms with Gasteiger partial charge in [-0.05, 0) is 43.0 Å². The number of aromatic nitrogens is 5. The first-order valence-electron chi connectivity index (χ1n) is 11.6. The molecule has 33 heavy (non-hydrogen) atoms. The number of nitrogens with one attached hydrogen (secondary N) is 2. The highest BCUT2D eigenvalue weighted by Crippen LogP contribution is 2.32. The zero-order valence-electron chi connectivity index (χ0n) is 19.0. The van der Waals surface area contributed by atoms with Crippen molar-refractivity contribution in [2.24, 2.45) is 5.92 Å². The van der Waals surface area contributed by atoms with Gasteiger partial charge in [-0.25, -0.2) is 9.97 Å². The molecule has 0 radical (unpaired) electrons. The molecule has 1 aromatic carbocycles. The van der Waals surface area contributed by atoms with Gasteiger partial charge in [-0.15, -0.1) is 0 Å². The number of likely N-dealkylation sites (tertiary alicyclic amines) is 1. The molecule has 8 heteroatoms. The van der Waals surface area contributed by atoms with Crippen molar-refractivity contribution in [3.8, 4) is 0 Å². The minimum Gasteiger partial charge on any atom is -0.333 e. The first-order chi connectivity index (χ1) is 16.1. The summed E-state index contributed by atoms with van der Waals surface area (Å²) in [4.78, 5) is 24.6. The number of hydrogen-bond donors (Lipinski definition) is 2. The van der Waals surface area contributed by atoms with E-state index in [1.807, 2.05) is 53.4 Å². The van der Waals surface area contributed by atoms with Crippen molar-refractivity contribution in [3.63, 3.8) is 0 Å². The summed E-state index contributed by atoms with van der Waals surface area (Å²) in [6, 6.07) is 15.7. The van der Waals surface area contributed by atoms with Crippen LogP contribution in [0.5, 0.6) is 0 Å². The second-order valence-electron chi connectivity index (χ2n) is 8.99. The Morgan fingerprint density at radius 1 is 1.18 bits per heavy atom. The fourth-order valence-corrected chi connectivity index (χ4v) is 4.58. The van der Waals surface area contributed by atoms with Crippen molar-refractivity contribution in [2.75, 3.05) is 11.9 Å². The summed E-state index contributed by atoms with van der Waals surface area (Å²) in [6.07, 6.45) is 4.47. The molecule has 4 aromatic rings. The Hall–Kier alpha value is -3.68. The number of imidazole rings is 1. The van der Waals surface area contributed by atoms with Crippen LogP contribution < -0.4 is 5.32 Å². The molecule has 1 atom stereocenters. The molecule has 170 valence electrons. The van der Waals surface area contributed by atoms with Crippen molar-refractivity contribution in [2.45, 2.75) is 45.7 Å². The van der Waals surface area contributed by atoms with E-state index in [2.05, 4.69) is 38.9 Å². The van der Waals surface area contributed by atoms with E-state index in [1.54, 1.807) is 6.20 Å². The molecule has 1 fully saturated rings. The molecule has 1 aliphatic heterocycles. The summed E-state index contributed by atoms with van der Waals surface area (Å²) in [7, 11) is 0. The molecule has 0 unspecified atom stereocenters. The number of carbonyl (C=O) groups is 1. The molecule has 5 rings (SSSR count). The smallest absolute Gasteiger partial charge is 0.243 e. The van der Waals surface area contributed by atoms with Crippen molar-refractivity contribution in [1.82, 2.24) is 29.6 Å². The monoisotopic (exact) mass is 443 g/mol. The summed E-state index contributed by atoms with van der Waals surface area (Å²) in [5, 5.41) is 10.7. The summed E-state index contributed by atoms with van der Waals surface area (Å²) >= 11 is 0. The molecule has 2 N–H and O–H groups in total. The van der Waals surface area contributed by atoms with Gasteiger partial charge in [0.2, 0.25) is 5.91 Å². The van der Waals surface area contributed by atoms with Gasteiger partial charge in [-0.3, -0.25) is 9.89 Å². The number of nitrogens with zero attached hydrogens (tertiary/aromatic N) is 5. The van der Waals surface area contributed by atoms with Crippen LogP contribution in [-0.4, -0.2) is 42.1 Å². The Labute approximate surface area is 193 Å². The number of aromatic amines is 1. The third-order valence-electron chi connectivity index (χ3n) is 6.07. The van der Waals surface area contributed by atoms with Crippen LogP contribution in [0.15, 0.2) is 54.7 Å². The van der Waals surface area contributed by atoms with E-state index in [-0.39, 0.29) is 11.9 Å². The lowest BCUT2D eigenvalue weighted by Crippen LogP contribution is -2.34. The van der Waals surface area contributed by atoms with Crippen LogP contribution in [0.2, 0.25) is 0 Å². The Balaban J connectivity index is 1.35. The van der Waals surface area contributed by atoms with Gasteiger partial charge in [-0.1, -0.05) is 32.0 Å². The number of hydrogen-bond acceptors (Lipinski definition) is 5. The number of amides is 1. The van der Waals surface area contributed by atoms with Gasteiger partial charge >= 0.3 is 0 Å². The topological polar surface area (TPSA) is 91.7 Å². The van der Waals surface area contributed by atoms with Crippen molar-refractivity contribution in [3.05, 3.63) is 66.2 Å². The van der Waals surface area contributed by atoms with E-state index < -0.39 is 0 Å². The molecule has 1 aliphatic rings. The Morgan fingerprint density at radius 2 is 2.03 bits per heavy atom. The SMILES string of the molecule is CC(C)Cc1nc2ccccc2n1CC(=O)N1CCC[C@H]1c1cc(Nc2ccccn2)n[nH]1. The lowest BCUT2D eigenvalue weighted by atomic mass is 10.1. The summed E-state index contributed by atoms with van der Waals surface area (Å²) in [5.74, 6) is 2.98. The molecule has 4 heterocycles. The van der Waals surface area contributed by atoms with Gasteiger partial charge < -0.3 is 14.8 Å². The summed E-state index contributed by atoms with van der Waals surface area (Å²) in [5.41, 5.74) is 2.90. The number of H-pyrrole nitrogens is 1. The second-order valence-corrected chi connectivity index (χ2v) is 8.99. The molecule has 0 spiro atoms. The maximum atomic E-state index is 13.5. The molecule has 0 bridgehead atoms. The third kappa shape index (κ3) is 4.46. The molecular weight excluding hydrogens is 414 g/mol. The lowest BCUT2D eigenvalue weighted by Gasteiger charge is -2.24. The quantitative estimate of drug-likeness (QED) is 0.440. The third-order valence-corrected chi connectivity index (χ3v) is 6.07. The standard InChI is InChI=1S/C25H29N7O/c1-17(2)14-24-27-18-8-3-4-9-20(18)32(24)16-25(33)31-13-7-10-21(31)19-15-23(30-29-19)28-22-11-5-6-12-26-22/h3-6,8-9,11-12,15,17,21H,7,10,13-14,16H2,1-2H3,(H2,26,28,29,30)/t21-/m0/s1. The fraction of sp³-hybridized carbons (Fsp3) is 0.360. The maximum absolute atomic E-state index is 13.5. The van der Waals surface area contributed by atoms with Gasteiger partial charge in [0.1, 0.15) is 18.2 Å². The number of para-hydroxylation sites is 2. The van der Waals surface area contributed by atoms with E-state index in [9.17, 15) is 4.79 Å². The van der Waals surface area contributed by atoms with Gasteiger partial charge in [0, 0.05) is 25.2 Å². The van der Waals surface area contributed by atoms with Gasteiger partial charge in [0.15, 0.2) is 5.82 Å². The van der Waals surface area contributed by atoms with Gasteiger partial charge in [-0.2, -0.15) is 5.10 Å². The average Bonchev–Trinajstić information content (AvgIpc) is 3.53. The van der Waals surface area contributed by atoms with E-state index in [0.29, 0.717) is 18.3 Å². The fourth-order valence-electron chi connectivity index (χ4n) is 4.58.